The summed E-state index contributed by atoms with van der Waals surface area (Å²) in [6.45, 7) is 3.42. The van der Waals surface area contributed by atoms with Crippen LogP contribution in [0, 0.1) is 0 Å². The van der Waals surface area contributed by atoms with E-state index in [1.165, 1.54) is 4.31 Å². The second-order valence-corrected chi connectivity index (χ2v) is 7.87. The molecule has 2 fully saturated rings. The predicted molar refractivity (Wildman–Crippen MR) is 70.9 cm³/mol. The topological polar surface area (TPSA) is 69.6 Å². The van der Waals surface area contributed by atoms with Gasteiger partial charge < -0.3 is 10.4 Å². The number of sulfonamides is 1. The molecule has 0 amide bonds. The molecule has 2 unspecified atom stereocenters. The summed E-state index contributed by atoms with van der Waals surface area (Å²) in [5.41, 5.74) is -0.870. The van der Waals surface area contributed by atoms with Crippen LogP contribution in [-0.2, 0) is 10.0 Å². The fraction of sp³-hybridized carbons (Fsp3) is 1.00. The Hall–Kier alpha value is -0.170. The molecule has 106 valence electrons. The quantitative estimate of drug-likeness (QED) is 0.778. The first-order chi connectivity index (χ1) is 8.39. The van der Waals surface area contributed by atoms with Crippen LogP contribution in [0.1, 0.15) is 39.0 Å². The van der Waals surface area contributed by atoms with Gasteiger partial charge >= 0.3 is 0 Å². The Labute approximate surface area is 110 Å². The summed E-state index contributed by atoms with van der Waals surface area (Å²) >= 11 is 0. The number of aliphatic hydroxyl groups is 1. The molecule has 0 aromatic carbocycles. The SMILES string of the molecule is CC1(O)CCCN(S(=O)(=O)CC2CCCCN2)C1. The first-order valence-corrected chi connectivity index (χ1v) is 8.44. The van der Waals surface area contributed by atoms with E-state index in [1.807, 2.05) is 0 Å². The maximum atomic E-state index is 12.3. The van der Waals surface area contributed by atoms with Crippen LogP contribution in [0.4, 0.5) is 0 Å². The maximum Gasteiger partial charge on any atom is 0.215 e. The molecule has 2 atom stereocenters. The Kier molecular flexibility index (Phi) is 4.31. The highest BCUT2D eigenvalue weighted by molar-refractivity contribution is 7.89. The van der Waals surface area contributed by atoms with Gasteiger partial charge in [0.2, 0.25) is 10.0 Å². The monoisotopic (exact) mass is 276 g/mol. The average Bonchev–Trinajstić information content (AvgIpc) is 2.28. The molecule has 0 aromatic heterocycles. The van der Waals surface area contributed by atoms with Crippen molar-refractivity contribution in [2.45, 2.75) is 50.7 Å². The van der Waals surface area contributed by atoms with Gasteiger partial charge in [-0.3, -0.25) is 0 Å². The summed E-state index contributed by atoms with van der Waals surface area (Å²) in [4.78, 5) is 0. The van der Waals surface area contributed by atoms with Gasteiger partial charge in [0, 0.05) is 19.1 Å². The van der Waals surface area contributed by atoms with Crippen LogP contribution in [0.2, 0.25) is 0 Å². The zero-order chi connectivity index (χ0) is 13.2. The van der Waals surface area contributed by atoms with Gasteiger partial charge in [-0.25, -0.2) is 8.42 Å². The van der Waals surface area contributed by atoms with Gasteiger partial charge in [0.25, 0.3) is 0 Å². The van der Waals surface area contributed by atoms with E-state index < -0.39 is 15.6 Å². The lowest BCUT2D eigenvalue weighted by Crippen LogP contribution is -2.51. The van der Waals surface area contributed by atoms with E-state index in [0.29, 0.717) is 13.0 Å². The number of nitrogens with zero attached hydrogens (tertiary/aromatic N) is 1. The van der Waals surface area contributed by atoms with Crippen molar-refractivity contribution in [2.24, 2.45) is 0 Å². The van der Waals surface area contributed by atoms with Gasteiger partial charge in [0.1, 0.15) is 0 Å². The van der Waals surface area contributed by atoms with Crippen LogP contribution in [0.15, 0.2) is 0 Å². The van der Waals surface area contributed by atoms with Crippen LogP contribution in [-0.4, -0.2) is 54.9 Å². The van der Waals surface area contributed by atoms with Crippen LogP contribution in [0.5, 0.6) is 0 Å². The smallest absolute Gasteiger partial charge is 0.215 e. The summed E-state index contributed by atoms with van der Waals surface area (Å²) in [6, 6.07) is 0.0793. The fourth-order valence-electron chi connectivity index (χ4n) is 2.84. The fourth-order valence-corrected chi connectivity index (χ4v) is 4.72. The van der Waals surface area contributed by atoms with E-state index in [4.69, 9.17) is 0 Å². The largest absolute Gasteiger partial charge is 0.389 e. The number of hydrogen-bond acceptors (Lipinski definition) is 4. The molecule has 2 N–H and O–H groups in total. The van der Waals surface area contributed by atoms with Crippen LogP contribution < -0.4 is 5.32 Å². The number of rotatable bonds is 3. The van der Waals surface area contributed by atoms with Crippen LogP contribution >= 0.6 is 0 Å². The van der Waals surface area contributed by atoms with Gasteiger partial charge in [-0.1, -0.05) is 6.42 Å². The zero-order valence-corrected chi connectivity index (χ0v) is 11.9. The third-order valence-corrected chi connectivity index (χ3v) is 5.78. The number of piperidine rings is 2. The van der Waals surface area contributed by atoms with E-state index in [1.54, 1.807) is 6.92 Å². The lowest BCUT2D eigenvalue weighted by molar-refractivity contribution is 0.00933. The van der Waals surface area contributed by atoms with Crippen molar-refractivity contribution < 1.29 is 13.5 Å². The van der Waals surface area contributed by atoms with Crippen molar-refractivity contribution in [3.63, 3.8) is 0 Å². The van der Waals surface area contributed by atoms with Crippen molar-refractivity contribution in [3.05, 3.63) is 0 Å². The lowest BCUT2D eigenvalue weighted by Gasteiger charge is -2.37. The molecule has 2 aliphatic heterocycles. The standard InChI is InChI=1S/C12H24N2O3S/c1-12(15)6-4-8-14(10-12)18(16,17)9-11-5-2-3-7-13-11/h11,13,15H,2-10H2,1H3. The summed E-state index contributed by atoms with van der Waals surface area (Å²) < 4.78 is 26.1. The molecule has 2 saturated heterocycles. The van der Waals surface area contributed by atoms with Crippen molar-refractivity contribution in [2.75, 3.05) is 25.4 Å². The molecule has 2 aliphatic rings. The third kappa shape index (κ3) is 3.66. The molecule has 6 heteroatoms. The molecular weight excluding hydrogens is 252 g/mol. The average molecular weight is 276 g/mol. The Bertz CT molecular complexity index is 375. The van der Waals surface area contributed by atoms with Gasteiger partial charge in [0.15, 0.2) is 0 Å². The minimum absolute atomic E-state index is 0.0793. The Morgan fingerprint density at radius 1 is 1.39 bits per heavy atom. The van der Waals surface area contributed by atoms with Crippen LogP contribution in [0.25, 0.3) is 0 Å². The van der Waals surface area contributed by atoms with E-state index >= 15 is 0 Å². The summed E-state index contributed by atoms with van der Waals surface area (Å²) in [6.07, 6.45) is 4.59. The van der Waals surface area contributed by atoms with E-state index in [-0.39, 0.29) is 18.3 Å². The van der Waals surface area contributed by atoms with Crippen molar-refractivity contribution in [3.8, 4) is 0 Å². The van der Waals surface area contributed by atoms with Gasteiger partial charge in [-0.15, -0.1) is 0 Å². The first-order valence-electron chi connectivity index (χ1n) is 6.83. The number of β-amino-alcohol motifs (C(OH)–C–C–N with tert-alkyl or cyclic N) is 1. The van der Waals surface area contributed by atoms with E-state index in [9.17, 15) is 13.5 Å². The number of nitrogens with one attached hydrogen (secondary N) is 1. The molecule has 0 saturated carbocycles. The second kappa shape index (κ2) is 5.45. The molecule has 0 bridgehead atoms. The van der Waals surface area contributed by atoms with Crippen molar-refractivity contribution >= 4 is 10.0 Å². The Morgan fingerprint density at radius 2 is 2.17 bits per heavy atom. The highest BCUT2D eigenvalue weighted by atomic mass is 32.2. The minimum atomic E-state index is -3.24. The molecule has 2 heterocycles. The summed E-state index contributed by atoms with van der Waals surface area (Å²) in [7, 11) is -3.24. The predicted octanol–water partition coefficient (Wildman–Crippen LogP) is 0.305. The molecule has 0 spiro atoms. The summed E-state index contributed by atoms with van der Waals surface area (Å²) in [5.74, 6) is 0.170. The zero-order valence-electron chi connectivity index (χ0n) is 11.1. The molecule has 5 nitrogen and oxygen atoms in total. The number of hydrogen-bond donors (Lipinski definition) is 2. The summed E-state index contributed by atoms with van der Waals surface area (Å²) in [5, 5.41) is 13.3. The van der Waals surface area contributed by atoms with Crippen molar-refractivity contribution in [1.82, 2.24) is 9.62 Å². The van der Waals surface area contributed by atoms with E-state index in [0.717, 1.165) is 32.2 Å². The normalized spacial score (nSPS) is 35.6. The van der Waals surface area contributed by atoms with Gasteiger partial charge in [0.05, 0.1) is 11.4 Å². The minimum Gasteiger partial charge on any atom is -0.389 e. The Balaban J connectivity index is 1.97. The highest BCUT2D eigenvalue weighted by Crippen LogP contribution is 2.23. The third-order valence-electron chi connectivity index (χ3n) is 3.86. The molecule has 0 aromatic rings. The van der Waals surface area contributed by atoms with E-state index in [2.05, 4.69) is 5.32 Å². The van der Waals surface area contributed by atoms with Gasteiger partial charge in [-0.2, -0.15) is 4.31 Å². The molecular formula is C12H24N2O3S. The lowest BCUT2D eigenvalue weighted by atomic mass is 9.97. The molecule has 0 aliphatic carbocycles. The van der Waals surface area contributed by atoms with Crippen LogP contribution in [0.3, 0.4) is 0 Å². The van der Waals surface area contributed by atoms with Crippen molar-refractivity contribution in [1.29, 1.82) is 0 Å². The highest BCUT2D eigenvalue weighted by Gasteiger charge is 2.35. The second-order valence-electron chi connectivity index (χ2n) is 5.86. The Morgan fingerprint density at radius 3 is 2.78 bits per heavy atom. The molecule has 2 rings (SSSR count). The molecule has 18 heavy (non-hydrogen) atoms. The van der Waals surface area contributed by atoms with Gasteiger partial charge in [-0.05, 0) is 39.2 Å². The molecule has 0 radical (unpaired) electrons. The maximum absolute atomic E-state index is 12.3. The first kappa shape index (κ1) is 14.2.